The van der Waals surface area contributed by atoms with Crippen LogP contribution < -0.4 is 21.5 Å². The van der Waals surface area contributed by atoms with Crippen molar-refractivity contribution >= 4 is 17.6 Å². The molecule has 0 aliphatic heterocycles. The number of fused-ring (bicyclic) bond motifs is 3. The maximum absolute atomic E-state index is 12.0. The van der Waals surface area contributed by atoms with Crippen molar-refractivity contribution in [2.24, 2.45) is 0 Å². The number of nitrogen functional groups attached to an aromatic ring is 2. The second-order valence-electron chi connectivity index (χ2n) is 10.8. The highest BCUT2D eigenvalue weighted by Crippen LogP contribution is 2.47. The summed E-state index contributed by atoms with van der Waals surface area (Å²) < 4.78 is 11.7. The Bertz CT molecular complexity index is 1050. The summed E-state index contributed by atoms with van der Waals surface area (Å²) in [6.45, 7) is 9.87. The lowest BCUT2D eigenvalue weighted by atomic mass is 9.71. The van der Waals surface area contributed by atoms with Gasteiger partial charge in [-0.1, -0.05) is 13.8 Å². The molecule has 8 heteroatoms. The molecular formula is C25H35N5O3. The van der Waals surface area contributed by atoms with Gasteiger partial charge in [-0.15, -0.1) is 0 Å². The van der Waals surface area contributed by atoms with Crippen LogP contribution in [0.3, 0.4) is 0 Å². The summed E-state index contributed by atoms with van der Waals surface area (Å²) in [5, 5.41) is 2.97. The molecule has 0 unspecified atom stereocenters. The van der Waals surface area contributed by atoms with Crippen LogP contribution in [0.2, 0.25) is 0 Å². The first-order valence-corrected chi connectivity index (χ1v) is 11.6. The van der Waals surface area contributed by atoms with Crippen molar-refractivity contribution in [3.63, 3.8) is 0 Å². The smallest absolute Gasteiger partial charge is 0.407 e. The summed E-state index contributed by atoms with van der Waals surface area (Å²) in [5.41, 5.74) is 16.6. The number of alkyl carbamates (subject to hydrolysis) is 1. The minimum Gasteiger partial charge on any atom is -0.488 e. The van der Waals surface area contributed by atoms with E-state index in [1.807, 2.05) is 32.9 Å². The van der Waals surface area contributed by atoms with E-state index in [9.17, 15) is 4.79 Å². The van der Waals surface area contributed by atoms with Gasteiger partial charge in [-0.05, 0) is 76.0 Å². The van der Waals surface area contributed by atoms with E-state index in [4.69, 9.17) is 20.9 Å². The summed E-state index contributed by atoms with van der Waals surface area (Å²) in [7, 11) is 0. The second-order valence-corrected chi connectivity index (χ2v) is 10.8. The first-order chi connectivity index (χ1) is 15.4. The quantitative estimate of drug-likeness (QED) is 0.590. The van der Waals surface area contributed by atoms with Gasteiger partial charge in [0.15, 0.2) is 0 Å². The molecule has 1 fully saturated rings. The highest BCUT2D eigenvalue weighted by Gasteiger charge is 2.36. The van der Waals surface area contributed by atoms with Crippen molar-refractivity contribution in [1.29, 1.82) is 0 Å². The minimum absolute atomic E-state index is 0.0592. The SMILES string of the molecule is CC(C)(C)OC(=O)NC1CCC(Oc2ccc3c(c2N)CC(C)(C)c2c(N)ncnc2-3)CC1. The van der Waals surface area contributed by atoms with Crippen molar-refractivity contribution in [1.82, 2.24) is 15.3 Å². The zero-order chi connectivity index (χ0) is 24.0. The average molecular weight is 454 g/mol. The maximum Gasteiger partial charge on any atom is 0.407 e. The Kier molecular flexibility index (Phi) is 5.88. The summed E-state index contributed by atoms with van der Waals surface area (Å²) in [5.74, 6) is 1.23. The molecule has 1 saturated carbocycles. The molecule has 0 spiro atoms. The van der Waals surface area contributed by atoms with Crippen LogP contribution >= 0.6 is 0 Å². The number of carbonyl (C=O) groups is 1. The number of nitrogens with two attached hydrogens (primary N) is 2. The van der Waals surface area contributed by atoms with Gasteiger partial charge in [-0.3, -0.25) is 0 Å². The molecule has 1 amide bonds. The fourth-order valence-electron chi connectivity index (χ4n) is 4.94. The average Bonchev–Trinajstić information content (AvgIpc) is 2.70. The lowest BCUT2D eigenvalue weighted by molar-refractivity contribution is 0.0471. The molecule has 2 aliphatic rings. The van der Waals surface area contributed by atoms with Gasteiger partial charge in [0.1, 0.15) is 23.5 Å². The van der Waals surface area contributed by atoms with Crippen molar-refractivity contribution < 1.29 is 14.3 Å². The molecule has 0 bridgehead atoms. The lowest BCUT2D eigenvalue weighted by Gasteiger charge is -2.35. The summed E-state index contributed by atoms with van der Waals surface area (Å²) >= 11 is 0. The summed E-state index contributed by atoms with van der Waals surface area (Å²) in [6, 6.07) is 4.06. The van der Waals surface area contributed by atoms with Crippen LogP contribution in [0, 0.1) is 0 Å². The fourth-order valence-corrected chi connectivity index (χ4v) is 4.94. The Labute approximate surface area is 195 Å². The number of amides is 1. The topological polar surface area (TPSA) is 125 Å². The van der Waals surface area contributed by atoms with Crippen LogP contribution in [0.15, 0.2) is 18.5 Å². The third-order valence-electron chi connectivity index (χ3n) is 6.43. The van der Waals surface area contributed by atoms with Crippen molar-refractivity contribution in [2.75, 3.05) is 11.5 Å². The van der Waals surface area contributed by atoms with Crippen LogP contribution in [0.1, 0.15) is 71.4 Å². The van der Waals surface area contributed by atoms with Crippen molar-refractivity contribution in [2.45, 2.75) is 89.9 Å². The Morgan fingerprint density at radius 3 is 2.48 bits per heavy atom. The third kappa shape index (κ3) is 4.84. The highest BCUT2D eigenvalue weighted by molar-refractivity contribution is 5.81. The molecule has 0 saturated heterocycles. The molecule has 33 heavy (non-hydrogen) atoms. The number of carbonyl (C=O) groups excluding carboxylic acids is 1. The predicted octanol–water partition coefficient (Wildman–Crippen LogP) is 4.36. The first kappa shape index (κ1) is 23.1. The fraction of sp³-hybridized carbons (Fsp3) is 0.560. The highest BCUT2D eigenvalue weighted by atomic mass is 16.6. The molecule has 1 aromatic carbocycles. The van der Waals surface area contributed by atoms with E-state index in [1.54, 1.807) is 0 Å². The van der Waals surface area contributed by atoms with Crippen LogP contribution in [0.5, 0.6) is 5.75 Å². The van der Waals surface area contributed by atoms with Crippen LogP contribution in [-0.2, 0) is 16.6 Å². The molecule has 5 N–H and O–H groups in total. The number of nitrogens with zero attached hydrogens (tertiary/aromatic N) is 2. The zero-order valence-corrected chi connectivity index (χ0v) is 20.2. The van der Waals surface area contributed by atoms with Crippen LogP contribution in [0.25, 0.3) is 11.3 Å². The van der Waals surface area contributed by atoms with Crippen LogP contribution in [0.4, 0.5) is 16.3 Å². The molecule has 8 nitrogen and oxygen atoms in total. The van der Waals surface area contributed by atoms with Gasteiger partial charge in [-0.25, -0.2) is 14.8 Å². The largest absolute Gasteiger partial charge is 0.488 e. The number of ether oxygens (including phenoxy) is 2. The monoisotopic (exact) mass is 453 g/mol. The molecule has 0 radical (unpaired) electrons. The molecule has 178 valence electrons. The number of hydrogen-bond donors (Lipinski definition) is 3. The zero-order valence-electron chi connectivity index (χ0n) is 20.2. The van der Waals surface area contributed by atoms with E-state index < -0.39 is 5.60 Å². The van der Waals surface area contributed by atoms with Gasteiger partial charge in [-0.2, -0.15) is 0 Å². The van der Waals surface area contributed by atoms with Gasteiger partial charge in [0, 0.05) is 17.2 Å². The number of aromatic nitrogens is 2. The molecule has 4 rings (SSSR count). The van der Waals surface area contributed by atoms with Crippen molar-refractivity contribution in [3.05, 3.63) is 29.6 Å². The molecule has 1 heterocycles. The number of rotatable bonds is 3. The first-order valence-electron chi connectivity index (χ1n) is 11.6. The van der Waals surface area contributed by atoms with Gasteiger partial charge in [0.2, 0.25) is 0 Å². The summed E-state index contributed by atoms with van der Waals surface area (Å²) in [6.07, 6.45) is 5.30. The minimum atomic E-state index is -0.499. The van der Waals surface area contributed by atoms with Gasteiger partial charge in [0.05, 0.1) is 17.5 Å². The lowest BCUT2D eigenvalue weighted by Crippen LogP contribution is -2.42. The Morgan fingerprint density at radius 2 is 1.82 bits per heavy atom. The Hall–Kier alpha value is -3.03. The van der Waals surface area contributed by atoms with Crippen molar-refractivity contribution in [3.8, 4) is 17.0 Å². The van der Waals surface area contributed by atoms with E-state index in [-0.39, 0.29) is 23.7 Å². The predicted molar refractivity (Wildman–Crippen MR) is 129 cm³/mol. The van der Waals surface area contributed by atoms with Gasteiger partial charge >= 0.3 is 6.09 Å². The van der Waals surface area contributed by atoms with E-state index in [2.05, 4.69) is 29.1 Å². The molecule has 2 aromatic rings. The summed E-state index contributed by atoms with van der Waals surface area (Å²) in [4.78, 5) is 20.8. The van der Waals surface area contributed by atoms with E-state index >= 15 is 0 Å². The Morgan fingerprint density at radius 1 is 1.12 bits per heavy atom. The molecule has 1 aromatic heterocycles. The number of hydrogen-bond acceptors (Lipinski definition) is 7. The van der Waals surface area contributed by atoms with E-state index in [0.717, 1.165) is 54.5 Å². The standard InChI is InChI=1S/C25H35N5O3/c1-24(2,3)33-23(31)30-14-6-8-15(9-7-14)32-18-11-10-16-17(20(18)26)12-25(4,5)19-21(16)28-13-29-22(19)27/h10-11,13-15H,6-9,12,26H2,1-5H3,(H,30,31)(H2,27,28,29). The molecular weight excluding hydrogens is 418 g/mol. The van der Waals surface area contributed by atoms with E-state index in [0.29, 0.717) is 17.3 Å². The number of benzene rings is 1. The third-order valence-corrected chi connectivity index (χ3v) is 6.43. The molecule has 0 atom stereocenters. The second kappa shape index (κ2) is 8.39. The number of anilines is 2. The van der Waals surface area contributed by atoms with E-state index in [1.165, 1.54) is 6.33 Å². The normalized spacial score (nSPS) is 21.5. The van der Waals surface area contributed by atoms with Gasteiger partial charge < -0.3 is 26.3 Å². The van der Waals surface area contributed by atoms with Gasteiger partial charge in [0.25, 0.3) is 0 Å². The Balaban J connectivity index is 1.45. The number of nitrogens with one attached hydrogen (secondary N) is 1. The molecule has 2 aliphatic carbocycles. The maximum atomic E-state index is 12.0. The van der Waals surface area contributed by atoms with Crippen LogP contribution in [-0.4, -0.2) is 33.8 Å².